The second kappa shape index (κ2) is 9.64. The van der Waals surface area contributed by atoms with Gasteiger partial charge in [-0.1, -0.05) is 22.6 Å². The van der Waals surface area contributed by atoms with Crippen LogP contribution in [-0.4, -0.2) is 39.1 Å². The van der Waals surface area contributed by atoms with Crippen molar-refractivity contribution in [1.82, 2.24) is 9.88 Å². The first kappa shape index (κ1) is 23.4. The Labute approximate surface area is 208 Å². The van der Waals surface area contributed by atoms with Crippen LogP contribution in [0.3, 0.4) is 0 Å². The second-order valence-corrected chi connectivity index (χ2v) is 10.9. The summed E-state index contributed by atoms with van der Waals surface area (Å²) in [6.45, 7) is 7.09. The van der Waals surface area contributed by atoms with E-state index in [4.69, 9.17) is 21.3 Å². The number of amides is 1. The summed E-state index contributed by atoms with van der Waals surface area (Å²) in [7, 11) is 0. The maximum atomic E-state index is 12.6. The molecule has 168 valence electrons. The number of ether oxygens (including phenoxy) is 1. The number of aryl methyl sites for hydroxylation is 1. The van der Waals surface area contributed by atoms with Crippen molar-refractivity contribution in [1.29, 1.82) is 0 Å². The minimum absolute atomic E-state index is 0.224. The number of carbonyl (C=O) groups is 1. The predicted molar refractivity (Wildman–Crippen MR) is 141 cm³/mol. The highest BCUT2D eigenvalue weighted by Crippen LogP contribution is 2.38. The Kier molecular flexibility index (Phi) is 7.06. The van der Waals surface area contributed by atoms with E-state index in [9.17, 15) is 4.79 Å². The first-order valence-corrected chi connectivity index (χ1v) is 13.0. The van der Waals surface area contributed by atoms with Crippen molar-refractivity contribution >= 4 is 62.0 Å². The molecule has 6 heteroatoms. The minimum Gasteiger partial charge on any atom is -0.444 e. The molecular formula is C26H29ClIN2O2+. The van der Waals surface area contributed by atoms with Crippen molar-refractivity contribution in [2.24, 2.45) is 0 Å². The number of halogens is 2. The first-order chi connectivity index (χ1) is 15.3. The van der Waals surface area contributed by atoms with Crippen LogP contribution in [-0.2, 0) is 11.2 Å². The topological polar surface area (TPSA) is 42.4 Å². The van der Waals surface area contributed by atoms with Crippen LogP contribution in [0.25, 0.3) is 21.7 Å². The van der Waals surface area contributed by atoms with Gasteiger partial charge in [0.1, 0.15) is 16.1 Å². The SMILES string of the molecule is CC(C)(C)OC(=O)N1CCC(c2c3ncccc3c(CCI)c[c+]3cc(Cl)ccc23)CC1. The third kappa shape index (κ3) is 5.09. The normalized spacial score (nSPS) is 15.3. The van der Waals surface area contributed by atoms with Gasteiger partial charge in [-0.05, 0) is 57.3 Å². The largest absolute Gasteiger partial charge is 0.444 e. The van der Waals surface area contributed by atoms with Crippen LogP contribution in [0.2, 0.25) is 5.02 Å². The fourth-order valence-corrected chi connectivity index (χ4v) is 5.33. The number of hydrogen-bond acceptors (Lipinski definition) is 3. The molecule has 0 atom stereocenters. The average molecular weight is 564 g/mol. The van der Waals surface area contributed by atoms with Crippen LogP contribution in [0.5, 0.6) is 0 Å². The lowest BCUT2D eigenvalue weighted by atomic mass is 9.86. The van der Waals surface area contributed by atoms with Crippen molar-refractivity contribution in [3.63, 3.8) is 0 Å². The van der Waals surface area contributed by atoms with E-state index in [1.807, 2.05) is 44.0 Å². The number of hydrogen-bond donors (Lipinski definition) is 0. The van der Waals surface area contributed by atoms with Crippen molar-refractivity contribution < 1.29 is 9.53 Å². The molecule has 0 radical (unpaired) electrons. The summed E-state index contributed by atoms with van der Waals surface area (Å²) < 4.78 is 6.63. The number of fused-ring (bicyclic) bond motifs is 2. The number of carbonyl (C=O) groups excluding carboxylic acids is 1. The van der Waals surface area contributed by atoms with Gasteiger partial charge >= 0.3 is 6.09 Å². The van der Waals surface area contributed by atoms with Gasteiger partial charge in [0.2, 0.25) is 0 Å². The summed E-state index contributed by atoms with van der Waals surface area (Å²) in [4.78, 5) is 19.3. The molecule has 1 aliphatic heterocycles. The van der Waals surface area contributed by atoms with E-state index < -0.39 is 5.60 Å². The molecule has 0 N–H and O–H groups in total. The molecule has 0 bridgehead atoms. The number of benzene rings is 1. The third-order valence-electron chi connectivity index (χ3n) is 5.96. The van der Waals surface area contributed by atoms with Gasteiger partial charge in [-0.15, -0.1) is 0 Å². The van der Waals surface area contributed by atoms with Gasteiger partial charge in [0.15, 0.2) is 0 Å². The molecule has 2 heterocycles. The summed E-state index contributed by atoms with van der Waals surface area (Å²) in [6, 6.07) is 12.6. The fraction of sp³-hybridized carbons (Fsp3) is 0.423. The molecule has 0 spiro atoms. The van der Waals surface area contributed by atoms with Gasteiger partial charge < -0.3 is 9.64 Å². The molecular weight excluding hydrogens is 535 g/mol. The van der Waals surface area contributed by atoms with Crippen LogP contribution in [0.1, 0.15) is 50.7 Å². The fourth-order valence-electron chi connectivity index (χ4n) is 4.57. The molecule has 1 aliphatic rings. The van der Waals surface area contributed by atoms with Crippen LogP contribution < -0.4 is 0 Å². The van der Waals surface area contributed by atoms with Gasteiger partial charge in [-0.3, -0.25) is 0 Å². The van der Waals surface area contributed by atoms with Crippen molar-refractivity contribution in [2.75, 3.05) is 17.5 Å². The van der Waals surface area contributed by atoms with E-state index in [1.54, 1.807) is 0 Å². The maximum absolute atomic E-state index is 12.6. The Morgan fingerprint density at radius 3 is 2.69 bits per heavy atom. The summed E-state index contributed by atoms with van der Waals surface area (Å²) >= 11 is 8.82. The summed E-state index contributed by atoms with van der Waals surface area (Å²) in [5, 5.41) is 4.31. The minimum atomic E-state index is -0.480. The summed E-state index contributed by atoms with van der Waals surface area (Å²) in [6.07, 6.45) is 4.41. The quantitative estimate of drug-likeness (QED) is 0.189. The highest BCUT2D eigenvalue weighted by Gasteiger charge is 2.31. The molecule has 4 rings (SSSR count). The lowest BCUT2D eigenvalue weighted by Gasteiger charge is -2.33. The third-order valence-corrected chi connectivity index (χ3v) is 6.74. The van der Waals surface area contributed by atoms with Crippen LogP contribution in [0, 0.1) is 0 Å². The monoisotopic (exact) mass is 563 g/mol. The molecule has 0 saturated carbocycles. The van der Waals surface area contributed by atoms with Gasteiger partial charge in [-0.25, -0.2) is 9.78 Å². The molecule has 2 aromatic carbocycles. The Balaban J connectivity index is 1.79. The van der Waals surface area contributed by atoms with Crippen molar-refractivity contribution in [2.45, 2.75) is 51.6 Å². The zero-order valence-corrected chi connectivity index (χ0v) is 21.7. The highest BCUT2D eigenvalue weighted by molar-refractivity contribution is 14.1. The molecule has 3 aromatic rings. The lowest BCUT2D eigenvalue weighted by Crippen LogP contribution is -2.41. The van der Waals surface area contributed by atoms with Crippen molar-refractivity contribution in [3.05, 3.63) is 58.7 Å². The molecule has 0 unspecified atom stereocenters. The van der Waals surface area contributed by atoms with Crippen molar-refractivity contribution in [3.8, 4) is 0 Å². The standard InChI is InChI=1S/C26H29ClIN2O2/c1-26(2,3)32-25(31)30-13-9-17(10-14-30)23-21-7-6-20(27)16-19(21)15-18(8-11-28)22-5-4-12-29-24(22)23/h4-7,12,15-17H,8-11,13-14H2,1-3H3/q+1. The molecule has 1 fully saturated rings. The van der Waals surface area contributed by atoms with E-state index in [2.05, 4.69) is 46.9 Å². The molecule has 1 aromatic heterocycles. The molecule has 4 nitrogen and oxygen atoms in total. The molecule has 1 saturated heterocycles. The van der Waals surface area contributed by atoms with E-state index in [0.717, 1.165) is 39.6 Å². The lowest BCUT2D eigenvalue weighted by molar-refractivity contribution is 0.0205. The Morgan fingerprint density at radius 2 is 2.00 bits per heavy atom. The Morgan fingerprint density at radius 1 is 1.25 bits per heavy atom. The van der Waals surface area contributed by atoms with E-state index in [1.165, 1.54) is 21.9 Å². The zero-order valence-electron chi connectivity index (χ0n) is 18.8. The number of aromatic nitrogens is 1. The molecule has 0 aliphatic carbocycles. The van der Waals surface area contributed by atoms with E-state index in [-0.39, 0.29) is 6.09 Å². The number of piperidine rings is 1. The van der Waals surface area contributed by atoms with Crippen LogP contribution in [0.15, 0.2) is 42.6 Å². The number of nitrogens with zero attached hydrogens (tertiary/aromatic N) is 2. The van der Waals surface area contributed by atoms with E-state index >= 15 is 0 Å². The summed E-state index contributed by atoms with van der Waals surface area (Å²) in [5.41, 5.74) is 3.16. The number of alkyl halides is 1. The second-order valence-electron chi connectivity index (χ2n) is 9.40. The first-order valence-electron chi connectivity index (χ1n) is 11.1. The molecule has 32 heavy (non-hydrogen) atoms. The Hall–Kier alpha value is -1.73. The van der Waals surface area contributed by atoms with Crippen LogP contribution in [0.4, 0.5) is 4.79 Å². The number of rotatable bonds is 3. The van der Waals surface area contributed by atoms with Gasteiger partial charge in [0.25, 0.3) is 0 Å². The highest BCUT2D eigenvalue weighted by atomic mass is 127. The summed E-state index contributed by atoms with van der Waals surface area (Å²) in [5.74, 6) is 0.314. The van der Waals surface area contributed by atoms with Gasteiger partial charge in [-0.2, -0.15) is 0 Å². The number of likely N-dealkylation sites (tertiary alicyclic amines) is 1. The molecule has 1 amide bonds. The average Bonchev–Trinajstić information content (AvgIpc) is 2.87. The maximum Gasteiger partial charge on any atom is 0.410 e. The number of pyridine rings is 1. The Bertz CT molecular complexity index is 1160. The van der Waals surface area contributed by atoms with Crippen LogP contribution >= 0.6 is 34.2 Å². The van der Waals surface area contributed by atoms with Gasteiger partial charge in [0.05, 0.1) is 16.3 Å². The van der Waals surface area contributed by atoms with E-state index in [0.29, 0.717) is 19.0 Å². The van der Waals surface area contributed by atoms with Gasteiger partial charge in [0, 0.05) is 71.3 Å². The predicted octanol–water partition coefficient (Wildman–Crippen LogP) is 7.41. The zero-order chi connectivity index (χ0) is 22.9. The smallest absolute Gasteiger partial charge is 0.410 e.